The Hall–Kier alpha value is -1.31. The molecule has 1 aromatic carbocycles. The molecule has 1 aliphatic rings. The van der Waals surface area contributed by atoms with E-state index in [0.29, 0.717) is 11.3 Å². The van der Waals surface area contributed by atoms with Crippen molar-refractivity contribution in [2.75, 3.05) is 0 Å². The lowest BCUT2D eigenvalue weighted by molar-refractivity contribution is 0.570. The highest BCUT2D eigenvalue weighted by Gasteiger charge is 2.20. The number of rotatable bonds is 4. The first-order chi connectivity index (χ1) is 8.56. The predicted molar refractivity (Wildman–Crippen MR) is 71.7 cm³/mol. The third-order valence-corrected chi connectivity index (χ3v) is 4.76. The Bertz CT molecular complexity index is 584. The first kappa shape index (κ1) is 13.1. The van der Waals surface area contributed by atoms with Crippen LogP contribution in [0.25, 0.3) is 0 Å². The number of fused-ring (bicyclic) bond motifs is 1. The average Bonchev–Trinajstić information content (AvgIpc) is 2.83. The molecule has 1 aliphatic carbocycles. The molecule has 0 radical (unpaired) electrons. The van der Waals surface area contributed by atoms with E-state index in [2.05, 4.69) is 10.6 Å². The summed E-state index contributed by atoms with van der Waals surface area (Å²) in [5.74, 6) is 2.44. The molecule has 0 fully saturated rings. The number of hydrogen-bond acceptors (Lipinski definition) is 2. The van der Waals surface area contributed by atoms with E-state index < -0.39 is 16.1 Å². The molecule has 1 atom stereocenters. The standard InChI is InChI=1S/C14H17NO2S/c1-3-13(4-2)15-18(16,17)14-9-8-11-6-5-7-12(11)10-14/h1,8-10,13,15H,4-7H2,2H3. The fourth-order valence-electron chi connectivity index (χ4n) is 2.21. The molecule has 1 aromatic rings. The molecule has 0 heterocycles. The van der Waals surface area contributed by atoms with Crippen molar-refractivity contribution in [2.24, 2.45) is 0 Å². The van der Waals surface area contributed by atoms with E-state index in [-0.39, 0.29) is 0 Å². The minimum absolute atomic E-state index is 0.317. The first-order valence-electron chi connectivity index (χ1n) is 6.17. The maximum atomic E-state index is 12.2. The van der Waals surface area contributed by atoms with Crippen molar-refractivity contribution in [3.8, 4) is 12.3 Å². The fraction of sp³-hybridized carbons (Fsp3) is 0.429. The topological polar surface area (TPSA) is 46.2 Å². The summed E-state index contributed by atoms with van der Waals surface area (Å²) in [5.41, 5.74) is 2.41. The fourth-order valence-corrected chi connectivity index (χ4v) is 3.50. The molecule has 96 valence electrons. The molecule has 18 heavy (non-hydrogen) atoms. The van der Waals surface area contributed by atoms with E-state index in [9.17, 15) is 8.42 Å². The normalized spacial score (nSPS) is 16.0. The van der Waals surface area contributed by atoms with Crippen LogP contribution >= 0.6 is 0 Å². The maximum absolute atomic E-state index is 12.2. The Kier molecular flexibility index (Phi) is 3.74. The monoisotopic (exact) mass is 263 g/mol. The zero-order valence-electron chi connectivity index (χ0n) is 10.4. The molecule has 0 bridgehead atoms. The van der Waals surface area contributed by atoms with Gasteiger partial charge < -0.3 is 0 Å². The second-order valence-corrected chi connectivity index (χ2v) is 6.25. The third kappa shape index (κ3) is 2.58. The lowest BCUT2D eigenvalue weighted by Crippen LogP contribution is -2.33. The molecule has 0 saturated heterocycles. The molecule has 2 rings (SSSR count). The zero-order valence-corrected chi connectivity index (χ0v) is 11.3. The highest BCUT2D eigenvalue weighted by atomic mass is 32.2. The smallest absolute Gasteiger partial charge is 0.207 e. The van der Waals surface area contributed by atoms with Crippen LogP contribution in [0.4, 0.5) is 0 Å². The Morgan fingerprint density at radius 1 is 1.39 bits per heavy atom. The molecular formula is C14H17NO2S. The minimum atomic E-state index is -3.50. The van der Waals surface area contributed by atoms with Crippen LogP contribution in [0.1, 0.15) is 30.9 Å². The molecule has 4 heteroatoms. The molecule has 0 aromatic heterocycles. The van der Waals surface area contributed by atoms with Crippen LogP contribution in [-0.2, 0) is 22.9 Å². The summed E-state index contributed by atoms with van der Waals surface area (Å²) in [6, 6.07) is 4.90. The molecule has 0 aliphatic heterocycles. The van der Waals surface area contributed by atoms with Gasteiger partial charge in [-0.15, -0.1) is 6.42 Å². The number of hydrogen-bond donors (Lipinski definition) is 1. The Labute approximate surface area is 109 Å². The highest BCUT2D eigenvalue weighted by molar-refractivity contribution is 7.89. The molecule has 0 saturated carbocycles. The molecule has 3 nitrogen and oxygen atoms in total. The molecular weight excluding hydrogens is 246 g/mol. The van der Waals surface area contributed by atoms with Crippen molar-refractivity contribution < 1.29 is 8.42 Å². The zero-order chi connectivity index (χ0) is 13.2. The number of aryl methyl sites for hydroxylation is 2. The van der Waals surface area contributed by atoms with Crippen LogP contribution in [0.15, 0.2) is 23.1 Å². The summed E-state index contributed by atoms with van der Waals surface area (Å²) in [7, 11) is -3.50. The lowest BCUT2D eigenvalue weighted by atomic mass is 10.1. The van der Waals surface area contributed by atoms with Gasteiger partial charge in [0.2, 0.25) is 10.0 Å². The summed E-state index contributed by atoms with van der Waals surface area (Å²) in [6.45, 7) is 1.86. The van der Waals surface area contributed by atoms with Gasteiger partial charge in [-0.1, -0.05) is 18.9 Å². The molecule has 0 amide bonds. The van der Waals surface area contributed by atoms with Gasteiger partial charge in [0, 0.05) is 0 Å². The number of sulfonamides is 1. The number of nitrogens with one attached hydrogen (secondary N) is 1. The van der Waals surface area contributed by atoms with Crippen molar-refractivity contribution in [1.29, 1.82) is 0 Å². The van der Waals surface area contributed by atoms with Crippen molar-refractivity contribution >= 4 is 10.0 Å². The SMILES string of the molecule is C#CC(CC)NS(=O)(=O)c1ccc2c(c1)CCC2. The lowest BCUT2D eigenvalue weighted by Gasteiger charge is -2.12. The average molecular weight is 263 g/mol. The van der Waals surface area contributed by atoms with Gasteiger partial charge in [-0.25, -0.2) is 8.42 Å². The van der Waals surface area contributed by atoms with E-state index >= 15 is 0 Å². The summed E-state index contributed by atoms with van der Waals surface area (Å²) >= 11 is 0. The van der Waals surface area contributed by atoms with Crippen molar-refractivity contribution in [1.82, 2.24) is 4.72 Å². The highest BCUT2D eigenvalue weighted by Crippen LogP contribution is 2.24. The Balaban J connectivity index is 2.28. The second-order valence-electron chi connectivity index (χ2n) is 4.53. The molecule has 1 unspecified atom stereocenters. The van der Waals surface area contributed by atoms with Crippen molar-refractivity contribution in [3.05, 3.63) is 29.3 Å². The van der Waals surface area contributed by atoms with E-state index in [0.717, 1.165) is 24.8 Å². The van der Waals surface area contributed by atoms with Gasteiger partial charge in [-0.05, 0) is 48.9 Å². The Morgan fingerprint density at radius 3 is 2.78 bits per heavy atom. The van der Waals surface area contributed by atoms with Gasteiger partial charge in [-0.3, -0.25) is 0 Å². The van der Waals surface area contributed by atoms with Crippen molar-refractivity contribution in [2.45, 2.75) is 43.5 Å². The summed E-state index contributed by atoms with van der Waals surface area (Å²) in [6.07, 6.45) is 8.98. The van der Waals surface area contributed by atoms with Gasteiger partial charge in [0.05, 0.1) is 10.9 Å². The van der Waals surface area contributed by atoms with Gasteiger partial charge in [0.1, 0.15) is 0 Å². The van der Waals surface area contributed by atoms with Crippen LogP contribution in [0.5, 0.6) is 0 Å². The Morgan fingerprint density at radius 2 is 2.11 bits per heavy atom. The minimum Gasteiger partial charge on any atom is -0.207 e. The van der Waals surface area contributed by atoms with Crippen LogP contribution in [0.2, 0.25) is 0 Å². The van der Waals surface area contributed by atoms with Crippen molar-refractivity contribution in [3.63, 3.8) is 0 Å². The van der Waals surface area contributed by atoms with Crippen LogP contribution in [0, 0.1) is 12.3 Å². The molecule has 0 spiro atoms. The summed E-state index contributed by atoms with van der Waals surface area (Å²) < 4.78 is 26.8. The summed E-state index contributed by atoms with van der Waals surface area (Å²) in [4.78, 5) is 0.317. The van der Waals surface area contributed by atoms with Gasteiger partial charge >= 0.3 is 0 Å². The van der Waals surface area contributed by atoms with E-state index in [1.807, 2.05) is 13.0 Å². The second kappa shape index (κ2) is 5.13. The number of terminal acetylenes is 1. The third-order valence-electron chi connectivity index (χ3n) is 3.29. The van der Waals surface area contributed by atoms with E-state index in [4.69, 9.17) is 6.42 Å². The van der Waals surface area contributed by atoms with Gasteiger partial charge in [-0.2, -0.15) is 4.72 Å². The quantitative estimate of drug-likeness (QED) is 0.843. The molecule has 1 N–H and O–H groups in total. The largest absolute Gasteiger partial charge is 0.241 e. The van der Waals surface area contributed by atoms with Crippen LogP contribution in [0.3, 0.4) is 0 Å². The van der Waals surface area contributed by atoms with E-state index in [1.54, 1.807) is 12.1 Å². The van der Waals surface area contributed by atoms with Crippen LogP contribution < -0.4 is 4.72 Å². The van der Waals surface area contributed by atoms with Gasteiger partial charge in [0.25, 0.3) is 0 Å². The maximum Gasteiger partial charge on any atom is 0.241 e. The predicted octanol–water partition coefficient (Wildman–Crippen LogP) is 1.87. The number of benzene rings is 1. The van der Waals surface area contributed by atoms with Crippen LogP contribution in [-0.4, -0.2) is 14.5 Å². The van der Waals surface area contributed by atoms with E-state index in [1.165, 1.54) is 5.56 Å². The summed E-state index contributed by atoms with van der Waals surface area (Å²) in [5, 5.41) is 0. The first-order valence-corrected chi connectivity index (χ1v) is 7.65. The van der Waals surface area contributed by atoms with Gasteiger partial charge in [0.15, 0.2) is 0 Å².